The molecule has 2 unspecified atom stereocenters. The van der Waals surface area contributed by atoms with Gasteiger partial charge in [-0.1, -0.05) is 13.0 Å². The molecule has 1 aliphatic carbocycles. The number of carbonyl (C=O) groups is 3. The number of Topliss-reactive ketones (excluding diaryl/α,β-unsaturated/α-hetero) is 1. The summed E-state index contributed by atoms with van der Waals surface area (Å²) in [7, 11) is 0. The average molecular weight is 530 g/mol. The number of nitrogens with zero attached hydrogens (tertiary/aromatic N) is 2. The van der Waals surface area contributed by atoms with E-state index in [1.807, 2.05) is 26.0 Å². The van der Waals surface area contributed by atoms with Crippen molar-refractivity contribution >= 4 is 29.3 Å². The maximum Gasteiger partial charge on any atom is 0.343 e. The van der Waals surface area contributed by atoms with Crippen LogP contribution in [0.15, 0.2) is 54.7 Å². The van der Waals surface area contributed by atoms with Crippen LogP contribution in [0.5, 0.6) is 5.75 Å². The quantitative estimate of drug-likeness (QED) is 0.182. The number of aromatic nitrogens is 1. The number of esters is 1. The lowest BCUT2D eigenvalue weighted by molar-refractivity contribution is 0.0730. The normalized spacial score (nSPS) is 15.5. The standard InChI is InChI=1S/C29H28FN5O4/c1-3-6-24(36)20-10-11-22(30)26(27(20)39-28(37)18-7-5-8-19(13-18)32-4-2)21-14-23(21)34-29(38)35-25-12-9-17(15-31)16-33-25/h5,7-13,16,21,23,32H,3-4,6,14H2,1-2H3,(H2,33,34,35,38). The molecule has 9 nitrogen and oxygen atoms in total. The molecule has 39 heavy (non-hydrogen) atoms. The van der Waals surface area contributed by atoms with E-state index in [0.29, 0.717) is 24.9 Å². The van der Waals surface area contributed by atoms with Crippen LogP contribution in [0.1, 0.15) is 70.9 Å². The third-order valence-corrected chi connectivity index (χ3v) is 6.21. The Balaban J connectivity index is 1.57. The Labute approximate surface area is 225 Å². The highest BCUT2D eigenvalue weighted by Crippen LogP contribution is 2.47. The van der Waals surface area contributed by atoms with E-state index in [9.17, 15) is 14.4 Å². The van der Waals surface area contributed by atoms with Crippen molar-refractivity contribution in [2.45, 2.75) is 45.1 Å². The number of halogens is 1. The molecular formula is C29H28FN5O4. The van der Waals surface area contributed by atoms with Crippen LogP contribution in [0.25, 0.3) is 0 Å². The van der Waals surface area contributed by atoms with Crippen LogP contribution >= 0.6 is 0 Å². The molecule has 1 saturated carbocycles. The Morgan fingerprint density at radius 2 is 1.97 bits per heavy atom. The fourth-order valence-electron chi connectivity index (χ4n) is 4.25. The van der Waals surface area contributed by atoms with Crippen LogP contribution in [-0.4, -0.2) is 35.4 Å². The molecule has 3 aromatic rings. The largest absolute Gasteiger partial charge is 0.422 e. The van der Waals surface area contributed by atoms with Crippen LogP contribution in [0.4, 0.5) is 20.7 Å². The van der Waals surface area contributed by atoms with E-state index in [2.05, 4.69) is 20.9 Å². The molecule has 1 fully saturated rings. The van der Waals surface area contributed by atoms with E-state index in [0.717, 1.165) is 5.69 Å². The molecule has 10 heteroatoms. The number of urea groups is 1. The molecule has 2 atom stereocenters. The van der Waals surface area contributed by atoms with Gasteiger partial charge in [-0.05, 0) is 62.2 Å². The van der Waals surface area contributed by atoms with Crippen molar-refractivity contribution in [2.75, 3.05) is 17.2 Å². The molecular weight excluding hydrogens is 501 g/mol. The first-order chi connectivity index (χ1) is 18.8. The SMILES string of the molecule is CCCC(=O)c1ccc(F)c(C2CC2NC(=O)Nc2ccc(C#N)cn2)c1OC(=O)c1cccc(NCC)c1. The van der Waals surface area contributed by atoms with Crippen molar-refractivity contribution < 1.29 is 23.5 Å². The van der Waals surface area contributed by atoms with Gasteiger partial charge >= 0.3 is 12.0 Å². The first kappa shape index (κ1) is 27.3. The Morgan fingerprint density at radius 1 is 1.15 bits per heavy atom. The summed E-state index contributed by atoms with van der Waals surface area (Å²) in [5, 5.41) is 17.3. The van der Waals surface area contributed by atoms with Crippen molar-refractivity contribution in [2.24, 2.45) is 0 Å². The number of carbonyl (C=O) groups excluding carboxylic acids is 3. The van der Waals surface area contributed by atoms with Crippen molar-refractivity contribution in [3.05, 3.63) is 82.8 Å². The highest BCUT2D eigenvalue weighted by molar-refractivity contribution is 6.01. The van der Waals surface area contributed by atoms with E-state index in [-0.39, 0.29) is 40.5 Å². The summed E-state index contributed by atoms with van der Waals surface area (Å²) < 4.78 is 21.0. The minimum Gasteiger partial charge on any atom is -0.422 e. The second-order valence-electron chi connectivity index (χ2n) is 9.10. The first-order valence-electron chi connectivity index (χ1n) is 12.7. The fraction of sp³-hybridized carbons (Fsp3) is 0.276. The number of nitrogens with one attached hydrogen (secondary N) is 3. The second-order valence-corrected chi connectivity index (χ2v) is 9.10. The van der Waals surface area contributed by atoms with Gasteiger partial charge in [-0.25, -0.2) is 19.0 Å². The molecule has 0 aliphatic heterocycles. The zero-order valence-corrected chi connectivity index (χ0v) is 21.6. The predicted molar refractivity (Wildman–Crippen MR) is 143 cm³/mol. The number of nitriles is 1. The van der Waals surface area contributed by atoms with Gasteiger partial charge in [0.05, 0.1) is 16.7 Å². The van der Waals surface area contributed by atoms with E-state index >= 15 is 4.39 Å². The second kappa shape index (κ2) is 12.2. The number of rotatable bonds is 10. The molecule has 4 rings (SSSR count). The van der Waals surface area contributed by atoms with E-state index in [4.69, 9.17) is 10.00 Å². The van der Waals surface area contributed by atoms with Crippen LogP contribution < -0.4 is 20.7 Å². The van der Waals surface area contributed by atoms with E-state index < -0.39 is 29.8 Å². The lowest BCUT2D eigenvalue weighted by Gasteiger charge is -2.16. The Bertz CT molecular complexity index is 1430. The van der Waals surface area contributed by atoms with Gasteiger partial charge in [0, 0.05) is 42.4 Å². The molecule has 1 aromatic heterocycles. The van der Waals surface area contributed by atoms with Gasteiger partial charge < -0.3 is 15.4 Å². The molecule has 0 radical (unpaired) electrons. The molecule has 2 aromatic carbocycles. The van der Waals surface area contributed by atoms with Gasteiger partial charge in [-0.15, -0.1) is 0 Å². The molecule has 0 spiro atoms. The summed E-state index contributed by atoms with van der Waals surface area (Å²) in [4.78, 5) is 42.5. The van der Waals surface area contributed by atoms with Crippen LogP contribution in [-0.2, 0) is 0 Å². The Morgan fingerprint density at radius 3 is 2.67 bits per heavy atom. The van der Waals surface area contributed by atoms with Gasteiger partial charge in [0.15, 0.2) is 5.78 Å². The number of amides is 2. The van der Waals surface area contributed by atoms with Crippen molar-refractivity contribution in [1.82, 2.24) is 10.3 Å². The molecule has 3 N–H and O–H groups in total. The lowest BCUT2D eigenvalue weighted by Crippen LogP contribution is -2.31. The molecule has 2 amide bonds. The minimum absolute atomic E-state index is 0.0786. The average Bonchev–Trinajstić information content (AvgIpc) is 3.67. The summed E-state index contributed by atoms with van der Waals surface area (Å²) in [6, 6.07) is 13.2. The number of pyridine rings is 1. The zero-order chi connectivity index (χ0) is 27.9. The maximum atomic E-state index is 15.2. The third-order valence-electron chi connectivity index (χ3n) is 6.21. The van der Waals surface area contributed by atoms with Crippen molar-refractivity contribution in [1.29, 1.82) is 5.26 Å². The Kier molecular flexibility index (Phi) is 8.51. The highest BCUT2D eigenvalue weighted by Gasteiger charge is 2.44. The van der Waals surface area contributed by atoms with Gasteiger partial charge in [-0.2, -0.15) is 5.26 Å². The van der Waals surface area contributed by atoms with Gasteiger partial charge in [0.25, 0.3) is 0 Å². The molecule has 0 bridgehead atoms. The van der Waals surface area contributed by atoms with Gasteiger partial charge in [-0.3, -0.25) is 10.1 Å². The van der Waals surface area contributed by atoms with E-state index in [1.54, 1.807) is 18.2 Å². The highest BCUT2D eigenvalue weighted by atomic mass is 19.1. The first-order valence-corrected chi connectivity index (χ1v) is 12.7. The number of anilines is 2. The number of benzene rings is 2. The topological polar surface area (TPSA) is 133 Å². The minimum atomic E-state index is -0.720. The number of ether oxygens (including phenoxy) is 1. The smallest absolute Gasteiger partial charge is 0.343 e. The van der Waals surface area contributed by atoms with Crippen molar-refractivity contribution in [3.8, 4) is 11.8 Å². The van der Waals surface area contributed by atoms with E-state index in [1.165, 1.54) is 30.5 Å². The third kappa shape index (κ3) is 6.57. The van der Waals surface area contributed by atoms with Crippen LogP contribution in [0.2, 0.25) is 0 Å². The summed E-state index contributed by atoms with van der Waals surface area (Å²) in [5.41, 5.74) is 1.53. The Hall–Kier alpha value is -4.78. The van der Waals surface area contributed by atoms with Gasteiger partial charge in [0.1, 0.15) is 23.5 Å². The summed E-state index contributed by atoms with van der Waals surface area (Å²) in [5.74, 6) is -1.99. The monoisotopic (exact) mass is 529 g/mol. The van der Waals surface area contributed by atoms with Crippen LogP contribution in [0, 0.1) is 17.1 Å². The van der Waals surface area contributed by atoms with Crippen molar-refractivity contribution in [3.63, 3.8) is 0 Å². The molecule has 1 heterocycles. The number of hydrogen-bond donors (Lipinski definition) is 3. The molecule has 1 aliphatic rings. The summed E-state index contributed by atoms with van der Waals surface area (Å²) in [6.45, 7) is 4.44. The zero-order valence-electron chi connectivity index (χ0n) is 21.6. The predicted octanol–water partition coefficient (Wildman–Crippen LogP) is 5.40. The maximum absolute atomic E-state index is 15.2. The van der Waals surface area contributed by atoms with Crippen LogP contribution in [0.3, 0.4) is 0 Å². The summed E-state index contributed by atoms with van der Waals surface area (Å²) in [6.07, 6.45) is 2.49. The fourth-order valence-corrected chi connectivity index (χ4v) is 4.25. The lowest BCUT2D eigenvalue weighted by atomic mass is 9.99. The number of hydrogen-bond acceptors (Lipinski definition) is 7. The molecule has 0 saturated heterocycles. The van der Waals surface area contributed by atoms with Gasteiger partial charge in [0.2, 0.25) is 0 Å². The number of ketones is 1. The molecule has 200 valence electrons. The summed E-state index contributed by atoms with van der Waals surface area (Å²) >= 11 is 0.